The molecule has 0 unspecified atom stereocenters. The van der Waals surface area contributed by atoms with Gasteiger partial charge in [0.15, 0.2) is 0 Å². The zero-order valence-electron chi connectivity index (χ0n) is 9.67. The zero-order chi connectivity index (χ0) is 12.0. The van der Waals surface area contributed by atoms with Crippen molar-refractivity contribution in [1.82, 2.24) is 9.78 Å². The van der Waals surface area contributed by atoms with E-state index in [2.05, 4.69) is 21.0 Å². The van der Waals surface area contributed by atoms with Gasteiger partial charge in [0, 0.05) is 11.7 Å². The molecule has 5 heteroatoms. The van der Waals surface area contributed by atoms with Gasteiger partial charge in [0.2, 0.25) is 5.71 Å². The Labute approximate surface area is 101 Å². The molecule has 2 rings (SSSR count). The monoisotopic (exact) mass is 284 g/mol. The number of hydrogen-bond acceptors (Lipinski definition) is 3. The summed E-state index contributed by atoms with van der Waals surface area (Å²) in [7, 11) is 0. The fraction of sp³-hybridized carbons (Fsp3) is 0.455. The van der Waals surface area contributed by atoms with Crippen molar-refractivity contribution >= 4 is 27.0 Å². The summed E-state index contributed by atoms with van der Waals surface area (Å²) < 4.78 is 7.50. The van der Waals surface area contributed by atoms with Gasteiger partial charge in [-0.25, -0.2) is 4.79 Å². The normalized spacial score (nSPS) is 11.6. The van der Waals surface area contributed by atoms with Gasteiger partial charge in [-0.2, -0.15) is 0 Å². The van der Waals surface area contributed by atoms with Crippen LogP contribution in [0.25, 0.3) is 11.1 Å². The van der Waals surface area contributed by atoms with Crippen LogP contribution >= 0.6 is 15.9 Å². The van der Waals surface area contributed by atoms with Crippen molar-refractivity contribution in [3.63, 3.8) is 0 Å². The molecule has 0 N–H and O–H groups in total. The van der Waals surface area contributed by atoms with Crippen molar-refractivity contribution in [3.05, 3.63) is 26.2 Å². The van der Waals surface area contributed by atoms with Crippen LogP contribution < -0.4 is 5.63 Å². The summed E-state index contributed by atoms with van der Waals surface area (Å²) in [5.74, 6) is 0. The van der Waals surface area contributed by atoms with E-state index in [0.29, 0.717) is 10.2 Å². The van der Waals surface area contributed by atoms with E-state index in [1.54, 1.807) is 0 Å². The third kappa shape index (κ3) is 1.50. The molecule has 0 spiro atoms. The van der Waals surface area contributed by atoms with Gasteiger partial charge in [-0.3, -0.25) is 4.68 Å². The molecule has 0 amide bonds. The SMILES string of the molecule is Cc1c(Br)c(=O)oc2nn(C(C)C)c(C)c12. The van der Waals surface area contributed by atoms with Gasteiger partial charge in [-0.1, -0.05) is 0 Å². The first-order chi connectivity index (χ1) is 7.43. The maximum atomic E-state index is 11.5. The molecule has 0 aromatic carbocycles. The van der Waals surface area contributed by atoms with Crippen LogP contribution in [-0.2, 0) is 0 Å². The van der Waals surface area contributed by atoms with E-state index in [-0.39, 0.29) is 11.7 Å². The summed E-state index contributed by atoms with van der Waals surface area (Å²) in [5, 5.41) is 5.22. The highest BCUT2D eigenvalue weighted by molar-refractivity contribution is 9.10. The lowest BCUT2D eigenvalue weighted by molar-refractivity contribution is 0.493. The van der Waals surface area contributed by atoms with E-state index < -0.39 is 0 Å². The van der Waals surface area contributed by atoms with Crippen LogP contribution in [0.1, 0.15) is 31.1 Å². The Hall–Kier alpha value is -1.10. The van der Waals surface area contributed by atoms with Crippen LogP contribution in [0.4, 0.5) is 0 Å². The van der Waals surface area contributed by atoms with Crippen LogP contribution in [0.15, 0.2) is 13.7 Å². The van der Waals surface area contributed by atoms with Gasteiger partial charge in [0.1, 0.15) is 4.47 Å². The maximum Gasteiger partial charge on any atom is 0.352 e. The molecule has 0 fully saturated rings. The first kappa shape index (κ1) is 11.4. The van der Waals surface area contributed by atoms with Gasteiger partial charge in [0.25, 0.3) is 0 Å². The molecule has 86 valence electrons. The minimum Gasteiger partial charge on any atom is -0.401 e. The molecule has 0 bridgehead atoms. The maximum absolute atomic E-state index is 11.5. The van der Waals surface area contributed by atoms with Crippen LogP contribution in [0.3, 0.4) is 0 Å². The molecule has 0 aliphatic carbocycles. The Balaban J connectivity index is 2.93. The second-order valence-electron chi connectivity index (χ2n) is 4.13. The quantitative estimate of drug-likeness (QED) is 0.809. The van der Waals surface area contributed by atoms with Crippen LogP contribution in [-0.4, -0.2) is 9.78 Å². The Morgan fingerprint density at radius 3 is 2.56 bits per heavy atom. The molecular weight excluding hydrogens is 272 g/mol. The van der Waals surface area contributed by atoms with Gasteiger partial charge in [0.05, 0.1) is 5.39 Å². The fourth-order valence-corrected chi connectivity index (χ4v) is 2.17. The Morgan fingerprint density at radius 2 is 2.00 bits per heavy atom. The predicted octanol–water partition coefficient (Wildman–Crippen LogP) is 2.95. The molecule has 0 radical (unpaired) electrons. The molecule has 0 saturated heterocycles. The molecule has 2 aromatic rings. The van der Waals surface area contributed by atoms with E-state index in [1.165, 1.54) is 0 Å². The standard InChI is InChI=1S/C11H13BrN2O2/c1-5(2)14-7(4)8-6(3)9(12)11(15)16-10(8)13-14/h5H,1-4H3. The lowest BCUT2D eigenvalue weighted by atomic mass is 10.2. The van der Waals surface area contributed by atoms with Crippen LogP contribution in [0.5, 0.6) is 0 Å². The summed E-state index contributed by atoms with van der Waals surface area (Å²) in [4.78, 5) is 11.5. The topological polar surface area (TPSA) is 48.0 Å². The van der Waals surface area contributed by atoms with Crippen molar-refractivity contribution in [1.29, 1.82) is 0 Å². The summed E-state index contributed by atoms with van der Waals surface area (Å²) >= 11 is 3.24. The molecular formula is C11H13BrN2O2. The molecule has 4 nitrogen and oxygen atoms in total. The Morgan fingerprint density at radius 1 is 1.38 bits per heavy atom. The number of aromatic nitrogens is 2. The van der Waals surface area contributed by atoms with E-state index in [4.69, 9.17) is 4.42 Å². The molecule has 0 atom stereocenters. The highest BCUT2D eigenvalue weighted by atomic mass is 79.9. The minimum absolute atomic E-state index is 0.246. The number of hydrogen-bond donors (Lipinski definition) is 0. The van der Waals surface area contributed by atoms with E-state index >= 15 is 0 Å². The molecule has 0 aliphatic rings. The predicted molar refractivity (Wildman–Crippen MR) is 65.8 cm³/mol. The zero-order valence-corrected chi connectivity index (χ0v) is 11.3. The molecule has 0 aliphatic heterocycles. The lowest BCUT2D eigenvalue weighted by Gasteiger charge is -2.06. The van der Waals surface area contributed by atoms with Crippen molar-refractivity contribution in [2.24, 2.45) is 0 Å². The van der Waals surface area contributed by atoms with Gasteiger partial charge in [-0.05, 0) is 49.2 Å². The van der Waals surface area contributed by atoms with Crippen molar-refractivity contribution in [2.45, 2.75) is 33.7 Å². The number of nitrogens with zero attached hydrogens (tertiary/aromatic N) is 2. The average Bonchev–Trinajstić information content (AvgIpc) is 2.52. The summed E-state index contributed by atoms with van der Waals surface area (Å²) in [6.07, 6.45) is 0. The first-order valence-electron chi connectivity index (χ1n) is 5.11. The second kappa shape index (κ2) is 3.73. The largest absolute Gasteiger partial charge is 0.401 e. The lowest BCUT2D eigenvalue weighted by Crippen LogP contribution is -2.04. The van der Waals surface area contributed by atoms with E-state index in [1.807, 2.05) is 32.4 Å². The van der Waals surface area contributed by atoms with E-state index in [9.17, 15) is 4.79 Å². The minimum atomic E-state index is -0.376. The van der Waals surface area contributed by atoms with Crippen LogP contribution in [0, 0.1) is 13.8 Å². The molecule has 2 heterocycles. The third-order valence-electron chi connectivity index (χ3n) is 2.68. The summed E-state index contributed by atoms with van der Waals surface area (Å²) in [6, 6.07) is 0.246. The first-order valence-corrected chi connectivity index (χ1v) is 5.90. The van der Waals surface area contributed by atoms with Crippen LogP contribution in [0.2, 0.25) is 0 Å². The van der Waals surface area contributed by atoms with Crippen molar-refractivity contribution in [2.75, 3.05) is 0 Å². The average molecular weight is 285 g/mol. The highest BCUT2D eigenvalue weighted by Gasteiger charge is 2.17. The van der Waals surface area contributed by atoms with Gasteiger partial charge in [-0.15, -0.1) is 5.10 Å². The Kier molecular flexibility index (Phi) is 2.66. The van der Waals surface area contributed by atoms with Gasteiger partial charge < -0.3 is 4.42 Å². The summed E-state index contributed by atoms with van der Waals surface area (Å²) in [5.41, 5.74) is 1.94. The number of rotatable bonds is 1. The highest BCUT2D eigenvalue weighted by Crippen LogP contribution is 2.26. The Bertz CT molecular complexity index is 610. The smallest absolute Gasteiger partial charge is 0.352 e. The number of halogens is 1. The fourth-order valence-electron chi connectivity index (χ4n) is 1.89. The number of aryl methyl sites for hydroxylation is 2. The summed E-state index contributed by atoms with van der Waals surface area (Å²) in [6.45, 7) is 7.96. The van der Waals surface area contributed by atoms with Gasteiger partial charge >= 0.3 is 5.63 Å². The number of fused-ring (bicyclic) bond motifs is 1. The second-order valence-corrected chi connectivity index (χ2v) is 4.93. The molecule has 0 saturated carbocycles. The van der Waals surface area contributed by atoms with Crippen molar-refractivity contribution < 1.29 is 4.42 Å². The molecule has 16 heavy (non-hydrogen) atoms. The third-order valence-corrected chi connectivity index (χ3v) is 3.60. The van der Waals surface area contributed by atoms with E-state index in [0.717, 1.165) is 16.6 Å². The van der Waals surface area contributed by atoms with Crippen molar-refractivity contribution in [3.8, 4) is 0 Å². The molecule has 2 aromatic heterocycles.